The van der Waals surface area contributed by atoms with E-state index in [0.29, 0.717) is 23.4 Å². The van der Waals surface area contributed by atoms with E-state index in [0.717, 1.165) is 13.2 Å². The molecule has 1 aliphatic heterocycles. The molecular formula is C27H22F4N2O4. The highest BCUT2D eigenvalue weighted by molar-refractivity contribution is 6.09. The van der Waals surface area contributed by atoms with E-state index in [9.17, 15) is 31.9 Å². The van der Waals surface area contributed by atoms with E-state index >= 15 is 0 Å². The average Bonchev–Trinajstić information content (AvgIpc) is 3.03. The van der Waals surface area contributed by atoms with Crippen molar-refractivity contribution < 1.29 is 36.7 Å². The predicted molar refractivity (Wildman–Crippen MR) is 126 cm³/mol. The van der Waals surface area contributed by atoms with Gasteiger partial charge in [0.1, 0.15) is 23.3 Å². The number of benzene rings is 3. The van der Waals surface area contributed by atoms with Gasteiger partial charge in [-0.25, -0.2) is 22.4 Å². The molecule has 6 nitrogen and oxygen atoms in total. The lowest BCUT2D eigenvalue weighted by molar-refractivity contribution is -0.122. The number of methoxy groups -OCH3 is 1. The maximum atomic E-state index is 14.8. The maximum absolute atomic E-state index is 14.8. The van der Waals surface area contributed by atoms with Crippen LogP contribution in [0.4, 0.5) is 23.2 Å². The molecule has 1 heterocycles. The van der Waals surface area contributed by atoms with Gasteiger partial charge in [-0.2, -0.15) is 0 Å². The van der Waals surface area contributed by atoms with Crippen LogP contribution in [-0.2, 0) is 28.0 Å². The Hall–Kier alpha value is -4.21. The Kier molecular flexibility index (Phi) is 6.77. The standard InChI is InChI=1S/C27H22F4N2O4/c1-27(2)19-8-7-14(24(34)32-12-17-21(30)10-15(28)11-22(17)31)9-23(19)33(26(27)36)13-18-16(25(35)37-3)5-4-6-20(18)29/h4-11H,12-13H2,1-3H3,(H,32,34). The number of nitrogens with one attached hydrogen (secondary N) is 1. The van der Waals surface area contributed by atoms with Gasteiger partial charge >= 0.3 is 5.97 Å². The van der Waals surface area contributed by atoms with Gasteiger partial charge in [0, 0.05) is 41.1 Å². The quantitative estimate of drug-likeness (QED) is 0.380. The van der Waals surface area contributed by atoms with Crippen LogP contribution in [0.5, 0.6) is 0 Å². The first-order valence-corrected chi connectivity index (χ1v) is 11.2. The lowest BCUT2D eigenvalue weighted by Gasteiger charge is -2.22. The third-order valence-electron chi connectivity index (χ3n) is 6.38. The van der Waals surface area contributed by atoms with Crippen molar-refractivity contribution in [2.75, 3.05) is 12.0 Å². The van der Waals surface area contributed by atoms with Gasteiger partial charge in [-0.3, -0.25) is 9.59 Å². The number of halogens is 4. The van der Waals surface area contributed by atoms with Crippen molar-refractivity contribution in [3.05, 3.63) is 99.6 Å². The molecule has 4 rings (SSSR count). The van der Waals surface area contributed by atoms with Crippen molar-refractivity contribution in [2.45, 2.75) is 32.4 Å². The number of fused-ring (bicyclic) bond motifs is 1. The Morgan fingerprint density at radius 2 is 1.62 bits per heavy atom. The minimum atomic E-state index is -1.14. The molecular weight excluding hydrogens is 492 g/mol. The molecule has 10 heteroatoms. The zero-order valence-electron chi connectivity index (χ0n) is 20.1. The molecule has 0 spiro atoms. The van der Waals surface area contributed by atoms with Gasteiger partial charge in [0.2, 0.25) is 5.91 Å². The number of rotatable bonds is 6. The van der Waals surface area contributed by atoms with E-state index < -0.39 is 52.7 Å². The molecule has 0 aliphatic carbocycles. The third-order valence-corrected chi connectivity index (χ3v) is 6.38. The summed E-state index contributed by atoms with van der Waals surface area (Å²) in [4.78, 5) is 39.6. The Balaban J connectivity index is 1.66. The second kappa shape index (κ2) is 9.68. The zero-order chi connectivity index (χ0) is 27.1. The molecule has 37 heavy (non-hydrogen) atoms. The van der Waals surface area contributed by atoms with E-state index in [1.807, 2.05) is 0 Å². The summed E-state index contributed by atoms with van der Waals surface area (Å²) in [6.07, 6.45) is 0. The van der Waals surface area contributed by atoms with E-state index in [4.69, 9.17) is 4.74 Å². The lowest BCUT2D eigenvalue weighted by Crippen LogP contribution is -2.36. The van der Waals surface area contributed by atoms with Crippen LogP contribution in [0.1, 0.15) is 51.3 Å². The molecule has 3 aromatic rings. The molecule has 0 saturated carbocycles. The molecule has 0 aromatic heterocycles. The smallest absolute Gasteiger partial charge is 0.338 e. The molecule has 1 aliphatic rings. The summed E-state index contributed by atoms with van der Waals surface area (Å²) in [5.41, 5.74) is -0.659. The molecule has 0 bridgehead atoms. The molecule has 0 saturated heterocycles. The van der Waals surface area contributed by atoms with Crippen molar-refractivity contribution in [1.29, 1.82) is 0 Å². The Labute approximate surface area is 209 Å². The summed E-state index contributed by atoms with van der Waals surface area (Å²) in [6, 6.07) is 9.35. The van der Waals surface area contributed by atoms with Gasteiger partial charge in [0.15, 0.2) is 0 Å². The van der Waals surface area contributed by atoms with E-state index in [1.165, 1.54) is 29.2 Å². The monoisotopic (exact) mass is 514 g/mol. The second-order valence-electron chi connectivity index (χ2n) is 9.04. The number of hydrogen-bond acceptors (Lipinski definition) is 4. The number of ether oxygens (including phenoxy) is 1. The van der Waals surface area contributed by atoms with Crippen molar-refractivity contribution in [3.63, 3.8) is 0 Å². The first-order valence-electron chi connectivity index (χ1n) is 11.2. The Bertz CT molecular complexity index is 1410. The molecule has 0 atom stereocenters. The average molecular weight is 514 g/mol. The number of esters is 1. The molecule has 1 N–H and O–H groups in total. The van der Waals surface area contributed by atoms with Crippen molar-refractivity contribution >= 4 is 23.5 Å². The van der Waals surface area contributed by atoms with Gasteiger partial charge < -0.3 is 15.0 Å². The second-order valence-corrected chi connectivity index (χ2v) is 9.04. The predicted octanol–water partition coefficient (Wildman–Crippen LogP) is 4.78. The largest absolute Gasteiger partial charge is 0.465 e. The normalized spacial score (nSPS) is 13.9. The highest BCUT2D eigenvalue weighted by Crippen LogP contribution is 2.43. The van der Waals surface area contributed by atoms with Crippen molar-refractivity contribution in [2.24, 2.45) is 0 Å². The van der Waals surface area contributed by atoms with Gasteiger partial charge in [-0.15, -0.1) is 0 Å². The van der Waals surface area contributed by atoms with E-state index in [1.54, 1.807) is 19.9 Å². The van der Waals surface area contributed by atoms with E-state index in [-0.39, 0.29) is 29.1 Å². The van der Waals surface area contributed by atoms with Gasteiger partial charge in [0.25, 0.3) is 5.91 Å². The molecule has 0 unspecified atom stereocenters. The molecule has 2 amide bonds. The first kappa shape index (κ1) is 25.9. The van der Waals surface area contributed by atoms with Gasteiger partial charge in [0.05, 0.1) is 24.6 Å². The molecule has 0 fully saturated rings. The van der Waals surface area contributed by atoms with Gasteiger partial charge in [-0.1, -0.05) is 12.1 Å². The Morgan fingerprint density at radius 3 is 2.27 bits per heavy atom. The highest BCUT2D eigenvalue weighted by Gasteiger charge is 2.44. The highest BCUT2D eigenvalue weighted by atomic mass is 19.1. The van der Waals surface area contributed by atoms with E-state index in [2.05, 4.69) is 5.32 Å². The molecule has 192 valence electrons. The fourth-order valence-corrected chi connectivity index (χ4v) is 4.33. The summed E-state index contributed by atoms with van der Waals surface area (Å²) >= 11 is 0. The van der Waals surface area contributed by atoms with Crippen LogP contribution in [0.15, 0.2) is 48.5 Å². The number of carbonyl (C=O) groups excluding carboxylic acids is 3. The number of nitrogens with zero attached hydrogens (tertiary/aromatic N) is 1. The maximum Gasteiger partial charge on any atom is 0.338 e. The summed E-state index contributed by atoms with van der Waals surface area (Å²) in [7, 11) is 1.16. The molecule has 0 radical (unpaired) electrons. The number of anilines is 1. The minimum absolute atomic E-state index is 0.0428. The zero-order valence-corrected chi connectivity index (χ0v) is 20.1. The van der Waals surface area contributed by atoms with Crippen LogP contribution < -0.4 is 10.2 Å². The van der Waals surface area contributed by atoms with Crippen molar-refractivity contribution in [3.8, 4) is 0 Å². The topological polar surface area (TPSA) is 75.7 Å². The van der Waals surface area contributed by atoms with Crippen LogP contribution in [-0.4, -0.2) is 24.9 Å². The lowest BCUT2D eigenvalue weighted by atomic mass is 9.86. The van der Waals surface area contributed by atoms with Crippen LogP contribution in [0.3, 0.4) is 0 Å². The summed E-state index contributed by atoms with van der Waals surface area (Å²) in [5.74, 6) is -5.93. The number of amides is 2. The van der Waals surface area contributed by atoms with Gasteiger partial charge in [-0.05, 0) is 43.7 Å². The van der Waals surface area contributed by atoms with Crippen molar-refractivity contribution in [1.82, 2.24) is 5.32 Å². The fourth-order valence-electron chi connectivity index (χ4n) is 4.33. The van der Waals surface area contributed by atoms with Crippen LogP contribution >= 0.6 is 0 Å². The first-order chi connectivity index (χ1) is 17.4. The summed E-state index contributed by atoms with van der Waals surface area (Å²) in [6.45, 7) is 2.51. The summed E-state index contributed by atoms with van der Waals surface area (Å²) in [5, 5.41) is 2.38. The minimum Gasteiger partial charge on any atom is -0.465 e. The SMILES string of the molecule is COC(=O)c1cccc(F)c1CN1C(=O)C(C)(C)c2ccc(C(=O)NCc3c(F)cc(F)cc3F)cc21. The number of hydrogen-bond donors (Lipinski definition) is 1. The van der Waals surface area contributed by atoms with Crippen LogP contribution in [0, 0.1) is 23.3 Å². The third kappa shape index (κ3) is 4.66. The summed E-state index contributed by atoms with van der Waals surface area (Å²) < 4.78 is 60.5. The fraction of sp³-hybridized carbons (Fsp3) is 0.222. The van der Waals surface area contributed by atoms with Crippen LogP contribution in [0.25, 0.3) is 0 Å². The number of carbonyl (C=O) groups is 3. The van der Waals surface area contributed by atoms with Crippen LogP contribution in [0.2, 0.25) is 0 Å². The Morgan fingerprint density at radius 1 is 0.946 bits per heavy atom. The molecule has 3 aromatic carbocycles.